The van der Waals surface area contributed by atoms with Gasteiger partial charge in [0.2, 0.25) is 5.91 Å². The lowest BCUT2D eigenvalue weighted by atomic mass is 10.1. The second kappa shape index (κ2) is 6.99. The van der Waals surface area contributed by atoms with Crippen LogP contribution >= 0.6 is 11.6 Å². The molecule has 5 nitrogen and oxygen atoms in total. The van der Waals surface area contributed by atoms with Gasteiger partial charge in [-0.25, -0.2) is 0 Å². The molecule has 0 heterocycles. The number of carbonyl (C=O) groups excluding carboxylic acids is 1. The summed E-state index contributed by atoms with van der Waals surface area (Å²) in [6, 6.07) is 6.93. The van der Waals surface area contributed by atoms with Crippen LogP contribution in [0.2, 0.25) is 5.02 Å². The van der Waals surface area contributed by atoms with E-state index in [1.807, 2.05) is 0 Å². The van der Waals surface area contributed by atoms with Crippen LogP contribution in [0.4, 0.5) is 0 Å². The molecule has 19 heavy (non-hydrogen) atoms. The molecule has 0 saturated carbocycles. The van der Waals surface area contributed by atoms with Gasteiger partial charge in [-0.1, -0.05) is 17.7 Å². The number of carbonyl (C=O) groups is 2. The Hall–Kier alpha value is -1.75. The molecular weight excluding hydrogens is 270 g/mol. The van der Waals surface area contributed by atoms with Crippen molar-refractivity contribution in [3.05, 3.63) is 29.3 Å². The van der Waals surface area contributed by atoms with Crippen LogP contribution < -0.4 is 4.74 Å². The third kappa shape index (κ3) is 4.79. The van der Waals surface area contributed by atoms with Crippen LogP contribution in [0.3, 0.4) is 0 Å². The molecule has 0 fully saturated rings. The van der Waals surface area contributed by atoms with Crippen LogP contribution in [-0.2, 0) is 9.59 Å². The number of amides is 1. The van der Waals surface area contributed by atoms with Gasteiger partial charge in [-0.2, -0.15) is 0 Å². The molecule has 0 spiro atoms. The van der Waals surface area contributed by atoms with E-state index in [1.54, 1.807) is 31.3 Å². The summed E-state index contributed by atoms with van der Waals surface area (Å²) in [7, 11) is 1.54. The van der Waals surface area contributed by atoms with E-state index >= 15 is 0 Å². The fourth-order valence-electron chi connectivity index (χ4n) is 1.40. The molecule has 1 amide bonds. The minimum atomic E-state index is -1.13. The van der Waals surface area contributed by atoms with Gasteiger partial charge in [0.25, 0.3) is 0 Å². The van der Waals surface area contributed by atoms with Crippen molar-refractivity contribution in [3.8, 4) is 5.75 Å². The predicted molar refractivity (Wildman–Crippen MR) is 71.4 cm³/mol. The number of nitrogens with zero attached hydrogens (tertiary/aromatic N) is 1. The molecule has 0 bridgehead atoms. The number of carboxylic acid groups (broad SMARTS) is 1. The number of benzene rings is 1. The molecule has 0 aliphatic carbocycles. The summed E-state index contributed by atoms with van der Waals surface area (Å²) < 4.78 is 5.42. The lowest BCUT2D eigenvalue weighted by Gasteiger charge is -2.19. The van der Waals surface area contributed by atoms with E-state index in [-0.39, 0.29) is 6.61 Å². The number of halogens is 1. The van der Waals surface area contributed by atoms with Crippen molar-refractivity contribution in [2.75, 3.05) is 20.2 Å². The molecule has 1 atom stereocenters. The number of hydrogen-bond acceptors (Lipinski definition) is 3. The summed E-state index contributed by atoms with van der Waals surface area (Å²) in [6.45, 7) is 1.94. The van der Waals surface area contributed by atoms with E-state index in [9.17, 15) is 9.59 Å². The van der Waals surface area contributed by atoms with E-state index in [0.29, 0.717) is 17.3 Å². The van der Waals surface area contributed by atoms with E-state index in [0.717, 1.165) is 0 Å². The van der Waals surface area contributed by atoms with Crippen molar-refractivity contribution >= 4 is 23.5 Å². The van der Waals surface area contributed by atoms with E-state index < -0.39 is 17.8 Å². The molecule has 0 aliphatic rings. The van der Waals surface area contributed by atoms with Gasteiger partial charge in [0.1, 0.15) is 18.3 Å². The molecule has 1 N–H and O–H groups in total. The van der Waals surface area contributed by atoms with Crippen molar-refractivity contribution in [3.63, 3.8) is 0 Å². The highest BCUT2D eigenvalue weighted by Gasteiger charge is 2.23. The topological polar surface area (TPSA) is 66.8 Å². The Morgan fingerprint density at radius 2 is 2.16 bits per heavy atom. The summed E-state index contributed by atoms with van der Waals surface area (Å²) in [5.41, 5.74) is 0. The average Bonchev–Trinajstić information content (AvgIpc) is 2.36. The van der Waals surface area contributed by atoms with Crippen LogP contribution in [-0.4, -0.2) is 42.1 Å². The predicted octanol–water partition coefficient (Wildman–Crippen LogP) is 1.90. The number of hydrogen-bond donors (Lipinski definition) is 1. The second-order valence-electron chi connectivity index (χ2n) is 4.13. The largest absolute Gasteiger partial charge is 0.492 e. The smallest absolute Gasteiger partial charge is 0.315 e. The number of ether oxygens (including phenoxy) is 1. The van der Waals surface area contributed by atoms with E-state index in [1.165, 1.54) is 11.8 Å². The zero-order chi connectivity index (χ0) is 14.4. The van der Waals surface area contributed by atoms with Crippen molar-refractivity contribution in [2.45, 2.75) is 6.92 Å². The number of likely N-dealkylation sites (N-methyl/N-ethyl adjacent to an activating group) is 1. The summed E-state index contributed by atoms with van der Waals surface area (Å²) in [4.78, 5) is 23.7. The van der Waals surface area contributed by atoms with Crippen LogP contribution in [0, 0.1) is 5.92 Å². The van der Waals surface area contributed by atoms with Gasteiger partial charge >= 0.3 is 5.97 Å². The number of aliphatic carboxylic acids is 1. The molecule has 6 heteroatoms. The molecular formula is C13H16ClNO4. The maximum Gasteiger partial charge on any atom is 0.315 e. The zero-order valence-corrected chi connectivity index (χ0v) is 11.6. The Morgan fingerprint density at radius 1 is 1.47 bits per heavy atom. The van der Waals surface area contributed by atoms with Crippen LogP contribution in [0.1, 0.15) is 6.92 Å². The summed E-state index contributed by atoms with van der Waals surface area (Å²) in [5.74, 6) is -2.01. The maximum absolute atomic E-state index is 11.6. The standard InChI is InChI=1S/C13H16ClNO4/c1-9(13(17)18)12(16)15(2)6-7-19-11-5-3-4-10(14)8-11/h3-5,8-9H,6-7H2,1-2H3,(H,17,18). The van der Waals surface area contributed by atoms with Gasteiger partial charge in [0.05, 0.1) is 6.54 Å². The highest BCUT2D eigenvalue weighted by Crippen LogP contribution is 2.16. The minimum absolute atomic E-state index is 0.273. The lowest BCUT2D eigenvalue weighted by Crippen LogP contribution is -2.37. The van der Waals surface area contributed by atoms with Crippen molar-refractivity contribution in [2.24, 2.45) is 5.92 Å². The van der Waals surface area contributed by atoms with E-state index in [4.69, 9.17) is 21.4 Å². The van der Waals surface area contributed by atoms with E-state index in [2.05, 4.69) is 0 Å². The van der Waals surface area contributed by atoms with Gasteiger partial charge in [-0.3, -0.25) is 9.59 Å². The molecule has 0 aromatic heterocycles. The summed E-state index contributed by atoms with van der Waals surface area (Å²) >= 11 is 5.80. The third-order valence-electron chi connectivity index (χ3n) is 2.61. The molecule has 1 unspecified atom stereocenters. The third-order valence-corrected chi connectivity index (χ3v) is 2.84. The highest BCUT2D eigenvalue weighted by molar-refractivity contribution is 6.30. The maximum atomic E-state index is 11.6. The van der Waals surface area contributed by atoms with Crippen molar-refractivity contribution < 1.29 is 19.4 Å². The molecule has 1 aromatic rings. The quantitative estimate of drug-likeness (QED) is 0.811. The van der Waals surface area contributed by atoms with Gasteiger partial charge in [-0.15, -0.1) is 0 Å². The normalized spacial score (nSPS) is 11.7. The Bertz CT molecular complexity index is 464. The summed E-state index contributed by atoms with van der Waals surface area (Å²) in [6.07, 6.45) is 0. The number of rotatable bonds is 6. The van der Waals surface area contributed by atoms with Gasteiger partial charge in [0.15, 0.2) is 0 Å². The first-order chi connectivity index (χ1) is 8.91. The van der Waals surface area contributed by atoms with Gasteiger partial charge < -0.3 is 14.7 Å². The monoisotopic (exact) mass is 285 g/mol. The van der Waals surface area contributed by atoms with Crippen LogP contribution in [0.15, 0.2) is 24.3 Å². The highest BCUT2D eigenvalue weighted by atomic mass is 35.5. The fraction of sp³-hybridized carbons (Fsp3) is 0.385. The van der Waals surface area contributed by atoms with Crippen LogP contribution in [0.25, 0.3) is 0 Å². The molecule has 104 valence electrons. The average molecular weight is 286 g/mol. The zero-order valence-electron chi connectivity index (χ0n) is 10.8. The molecule has 0 saturated heterocycles. The number of carboxylic acids is 1. The molecule has 0 radical (unpaired) electrons. The lowest BCUT2D eigenvalue weighted by molar-refractivity contribution is -0.149. The van der Waals surface area contributed by atoms with Crippen molar-refractivity contribution in [1.82, 2.24) is 4.90 Å². The Kier molecular flexibility index (Phi) is 5.63. The molecule has 0 aliphatic heterocycles. The first-order valence-corrected chi connectivity index (χ1v) is 6.15. The minimum Gasteiger partial charge on any atom is -0.492 e. The Morgan fingerprint density at radius 3 is 2.74 bits per heavy atom. The first-order valence-electron chi connectivity index (χ1n) is 5.78. The van der Waals surface area contributed by atoms with Gasteiger partial charge in [-0.05, 0) is 25.1 Å². The molecule has 1 rings (SSSR count). The molecule has 1 aromatic carbocycles. The van der Waals surface area contributed by atoms with Crippen molar-refractivity contribution in [1.29, 1.82) is 0 Å². The SMILES string of the molecule is CC(C(=O)O)C(=O)N(C)CCOc1cccc(Cl)c1. The van der Waals surface area contributed by atoms with Gasteiger partial charge in [0, 0.05) is 12.1 Å². The summed E-state index contributed by atoms with van der Waals surface area (Å²) in [5, 5.41) is 9.31. The Balaban J connectivity index is 2.40. The second-order valence-corrected chi connectivity index (χ2v) is 4.56. The van der Waals surface area contributed by atoms with Crippen LogP contribution in [0.5, 0.6) is 5.75 Å². The Labute approximate surface area is 116 Å². The first kappa shape index (κ1) is 15.3. The fourth-order valence-corrected chi connectivity index (χ4v) is 1.58.